The number of fused-ring (bicyclic) bond motifs is 2. The lowest BCUT2D eigenvalue weighted by atomic mass is 10.1. The zero-order valence-corrected chi connectivity index (χ0v) is 17.9. The molecule has 0 radical (unpaired) electrons. The topological polar surface area (TPSA) is 97.3 Å². The summed E-state index contributed by atoms with van der Waals surface area (Å²) in [4.78, 5) is 21.0. The van der Waals surface area contributed by atoms with Crippen LogP contribution >= 0.6 is 0 Å². The van der Waals surface area contributed by atoms with Crippen LogP contribution in [-0.4, -0.2) is 59.9 Å². The van der Waals surface area contributed by atoms with Crippen LogP contribution in [0.2, 0.25) is 0 Å². The Bertz CT molecular complexity index is 1090. The van der Waals surface area contributed by atoms with E-state index in [0.29, 0.717) is 24.5 Å². The summed E-state index contributed by atoms with van der Waals surface area (Å²) in [5, 5.41) is 7.65. The molecule has 31 heavy (non-hydrogen) atoms. The lowest BCUT2D eigenvalue weighted by molar-refractivity contribution is 0.180. The van der Waals surface area contributed by atoms with E-state index in [0.717, 1.165) is 72.6 Å². The van der Waals surface area contributed by atoms with Crippen LogP contribution in [0, 0.1) is 0 Å². The molecule has 0 spiro atoms. The normalized spacial score (nSPS) is 18.3. The Hall–Kier alpha value is -3.04. The Morgan fingerprint density at radius 1 is 1.26 bits per heavy atom. The fourth-order valence-corrected chi connectivity index (χ4v) is 4.43. The van der Waals surface area contributed by atoms with Crippen molar-refractivity contribution in [3.8, 4) is 5.88 Å². The number of hydrogen-bond acceptors (Lipinski definition) is 9. The van der Waals surface area contributed by atoms with Gasteiger partial charge in [0.1, 0.15) is 11.2 Å². The second-order valence-corrected chi connectivity index (χ2v) is 7.91. The molecule has 162 valence electrons. The van der Waals surface area contributed by atoms with Crippen molar-refractivity contribution < 1.29 is 9.47 Å². The van der Waals surface area contributed by atoms with E-state index >= 15 is 0 Å². The molecule has 3 aromatic heterocycles. The summed E-state index contributed by atoms with van der Waals surface area (Å²) in [5.41, 5.74) is 3.82. The van der Waals surface area contributed by atoms with E-state index in [1.807, 2.05) is 18.5 Å². The van der Waals surface area contributed by atoms with Gasteiger partial charge < -0.3 is 25.0 Å². The number of rotatable bonds is 6. The number of ether oxygens (including phenoxy) is 2. The zero-order chi connectivity index (χ0) is 21.2. The highest BCUT2D eigenvalue weighted by molar-refractivity contribution is 5.89. The van der Waals surface area contributed by atoms with Gasteiger partial charge in [0.2, 0.25) is 11.8 Å². The Morgan fingerprint density at radius 3 is 3.06 bits per heavy atom. The summed E-state index contributed by atoms with van der Waals surface area (Å²) in [5.74, 6) is 1.92. The molecule has 2 aliphatic heterocycles. The molecule has 1 atom stereocenters. The standard InChI is InChI=1S/C22H27N7O2/c1-30-13-16-4-3-9-29(16)20-19-14(5-8-24-20)12-25-22(28-19)27-18-10-15-11-23-7-6-17(15)26-21(18)31-2/h5,8,10,12,16,23H,3-4,6-7,9,11,13H2,1-2H3,(H,25,27,28)/t16-/m0/s1. The summed E-state index contributed by atoms with van der Waals surface area (Å²) in [6, 6.07) is 4.32. The van der Waals surface area contributed by atoms with Crippen molar-refractivity contribution in [3.63, 3.8) is 0 Å². The van der Waals surface area contributed by atoms with Gasteiger partial charge in [-0.05, 0) is 30.5 Å². The average molecular weight is 422 g/mol. The van der Waals surface area contributed by atoms with E-state index in [1.54, 1.807) is 14.2 Å². The van der Waals surface area contributed by atoms with Gasteiger partial charge in [-0.15, -0.1) is 0 Å². The van der Waals surface area contributed by atoms with Crippen molar-refractivity contribution in [2.45, 2.75) is 31.8 Å². The van der Waals surface area contributed by atoms with Crippen LogP contribution < -0.4 is 20.3 Å². The number of hydrogen-bond donors (Lipinski definition) is 2. The van der Waals surface area contributed by atoms with Gasteiger partial charge >= 0.3 is 0 Å². The lowest BCUT2D eigenvalue weighted by Crippen LogP contribution is -2.33. The van der Waals surface area contributed by atoms with Crippen LogP contribution in [0.1, 0.15) is 24.1 Å². The van der Waals surface area contributed by atoms with Crippen LogP contribution in [0.25, 0.3) is 10.9 Å². The second-order valence-electron chi connectivity index (χ2n) is 7.91. The Labute approximate surface area is 181 Å². The third kappa shape index (κ3) is 3.86. The van der Waals surface area contributed by atoms with Crippen LogP contribution in [0.15, 0.2) is 24.5 Å². The van der Waals surface area contributed by atoms with E-state index in [1.165, 1.54) is 0 Å². The van der Waals surface area contributed by atoms with E-state index in [9.17, 15) is 0 Å². The highest BCUT2D eigenvalue weighted by Gasteiger charge is 2.27. The summed E-state index contributed by atoms with van der Waals surface area (Å²) < 4.78 is 11.0. The Balaban J connectivity index is 1.50. The quantitative estimate of drug-likeness (QED) is 0.622. The predicted molar refractivity (Wildman–Crippen MR) is 119 cm³/mol. The first kappa shape index (κ1) is 19.9. The van der Waals surface area contributed by atoms with Gasteiger partial charge in [-0.3, -0.25) is 0 Å². The highest BCUT2D eigenvalue weighted by Crippen LogP contribution is 2.32. The molecule has 3 aromatic rings. The molecule has 0 bridgehead atoms. The minimum absolute atomic E-state index is 0.312. The molecule has 5 heterocycles. The number of methoxy groups -OCH3 is 2. The Kier molecular flexibility index (Phi) is 5.52. The van der Waals surface area contributed by atoms with Gasteiger partial charge in [-0.1, -0.05) is 0 Å². The molecule has 9 nitrogen and oxygen atoms in total. The maximum atomic E-state index is 5.53. The number of nitrogens with one attached hydrogen (secondary N) is 2. The minimum Gasteiger partial charge on any atom is -0.480 e. The number of aromatic nitrogens is 4. The van der Waals surface area contributed by atoms with Crippen molar-refractivity contribution in [2.75, 3.05) is 44.1 Å². The van der Waals surface area contributed by atoms with E-state index < -0.39 is 0 Å². The van der Waals surface area contributed by atoms with Crippen molar-refractivity contribution in [2.24, 2.45) is 0 Å². The first-order valence-corrected chi connectivity index (χ1v) is 10.7. The molecule has 1 fully saturated rings. The number of anilines is 3. The van der Waals surface area contributed by atoms with E-state index in [2.05, 4.69) is 36.6 Å². The second kappa shape index (κ2) is 8.60. The molecule has 5 rings (SSSR count). The maximum Gasteiger partial charge on any atom is 0.237 e. The molecule has 0 unspecified atom stereocenters. The van der Waals surface area contributed by atoms with Gasteiger partial charge in [-0.2, -0.15) is 0 Å². The monoisotopic (exact) mass is 421 g/mol. The zero-order valence-electron chi connectivity index (χ0n) is 17.9. The summed E-state index contributed by atoms with van der Waals surface area (Å²) in [6.07, 6.45) is 6.76. The summed E-state index contributed by atoms with van der Waals surface area (Å²) in [7, 11) is 3.38. The first-order chi connectivity index (χ1) is 15.3. The van der Waals surface area contributed by atoms with Crippen molar-refractivity contribution in [3.05, 3.63) is 35.8 Å². The summed E-state index contributed by atoms with van der Waals surface area (Å²) in [6.45, 7) is 3.35. The smallest absolute Gasteiger partial charge is 0.237 e. The van der Waals surface area contributed by atoms with Gasteiger partial charge in [-0.25, -0.2) is 19.9 Å². The summed E-state index contributed by atoms with van der Waals surface area (Å²) >= 11 is 0. The SMILES string of the molecule is COC[C@@H]1CCCN1c1nccc2cnc(Nc3cc4c(nc3OC)CCNC4)nc12. The Morgan fingerprint density at radius 2 is 2.19 bits per heavy atom. The van der Waals surface area contributed by atoms with Crippen molar-refractivity contribution in [1.82, 2.24) is 25.3 Å². The molecule has 0 amide bonds. The molecule has 2 N–H and O–H groups in total. The molecule has 0 aliphatic carbocycles. The van der Waals surface area contributed by atoms with Crippen molar-refractivity contribution >= 4 is 28.4 Å². The molecule has 0 aromatic carbocycles. The molecule has 9 heteroatoms. The number of pyridine rings is 2. The van der Waals surface area contributed by atoms with Gasteiger partial charge in [0, 0.05) is 50.9 Å². The maximum absolute atomic E-state index is 5.53. The third-order valence-electron chi connectivity index (χ3n) is 5.94. The lowest BCUT2D eigenvalue weighted by Gasteiger charge is -2.25. The van der Waals surface area contributed by atoms with Crippen LogP contribution in [0.3, 0.4) is 0 Å². The molecule has 2 aliphatic rings. The minimum atomic E-state index is 0.312. The van der Waals surface area contributed by atoms with Crippen LogP contribution in [0.5, 0.6) is 5.88 Å². The fraction of sp³-hybridized carbons (Fsp3) is 0.455. The van der Waals surface area contributed by atoms with Gasteiger partial charge in [0.15, 0.2) is 5.82 Å². The fourth-order valence-electron chi connectivity index (χ4n) is 4.43. The van der Waals surface area contributed by atoms with Gasteiger partial charge in [0.05, 0.1) is 25.5 Å². The van der Waals surface area contributed by atoms with E-state index in [-0.39, 0.29) is 0 Å². The van der Waals surface area contributed by atoms with Gasteiger partial charge in [0.25, 0.3) is 0 Å². The van der Waals surface area contributed by atoms with E-state index in [4.69, 9.17) is 14.5 Å². The largest absolute Gasteiger partial charge is 0.480 e. The van der Waals surface area contributed by atoms with Crippen molar-refractivity contribution in [1.29, 1.82) is 0 Å². The first-order valence-electron chi connectivity index (χ1n) is 10.7. The average Bonchev–Trinajstić information content (AvgIpc) is 3.26. The van der Waals surface area contributed by atoms with Crippen LogP contribution in [-0.2, 0) is 17.7 Å². The number of nitrogens with zero attached hydrogens (tertiary/aromatic N) is 5. The molecule has 1 saturated heterocycles. The predicted octanol–water partition coefficient (Wildman–Crippen LogP) is 2.43. The molecular weight excluding hydrogens is 394 g/mol. The van der Waals surface area contributed by atoms with Crippen LogP contribution in [0.4, 0.5) is 17.5 Å². The molecule has 0 saturated carbocycles. The molecular formula is C22H27N7O2. The highest BCUT2D eigenvalue weighted by atomic mass is 16.5. The third-order valence-corrected chi connectivity index (χ3v) is 5.94.